The Bertz CT molecular complexity index is 764. The van der Waals surface area contributed by atoms with Crippen molar-refractivity contribution >= 4 is 16.6 Å². The van der Waals surface area contributed by atoms with Crippen molar-refractivity contribution in [3.63, 3.8) is 0 Å². The second-order valence-corrected chi connectivity index (χ2v) is 4.66. The second kappa shape index (κ2) is 4.89. The van der Waals surface area contributed by atoms with Gasteiger partial charge < -0.3 is 15.0 Å². The first kappa shape index (κ1) is 12.5. The number of halogens is 1. The quantitative estimate of drug-likeness (QED) is 0.741. The molecule has 1 aromatic heterocycles. The first-order chi connectivity index (χ1) is 9.70. The predicted octanol–water partition coefficient (Wildman–Crippen LogP) is 3.42. The number of aromatic nitrogens is 1. The highest BCUT2D eigenvalue weighted by molar-refractivity contribution is 5.90. The molecule has 0 bridgehead atoms. The lowest BCUT2D eigenvalue weighted by atomic mass is 10.2. The number of para-hydroxylation sites is 1. The zero-order valence-corrected chi connectivity index (χ0v) is 11.1. The normalized spacial score (nSPS) is 10.9. The third-order valence-electron chi connectivity index (χ3n) is 3.42. The van der Waals surface area contributed by atoms with Crippen molar-refractivity contribution in [1.82, 2.24) is 4.57 Å². The molecule has 0 unspecified atom stereocenters. The Morgan fingerprint density at radius 3 is 2.75 bits per heavy atom. The minimum atomic E-state index is -0.327. The molecule has 3 nitrogen and oxygen atoms in total. The molecule has 2 N–H and O–H groups in total. The van der Waals surface area contributed by atoms with E-state index in [0.717, 1.165) is 10.9 Å². The van der Waals surface area contributed by atoms with E-state index in [0.29, 0.717) is 17.8 Å². The van der Waals surface area contributed by atoms with E-state index in [4.69, 9.17) is 10.5 Å². The smallest absolute Gasteiger partial charge is 0.170 e. The van der Waals surface area contributed by atoms with E-state index in [-0.39, 0.29) is 11.6 Å². The van der Waals surface area contributed by atoms with Crippen molar-refractivity contribution in [2.24, 2.45) is 0 Å². The summed E-state index contributed by atoms with van der Waals surface area (Å²) in [6.07, 6.45) is 1.92. The van der Waals surface area contributed by atoms with E-state index in [9.17, 15) is 4.39 Å². The molecular formula is C16H15FN2O. The largest absolute Gasteiger partial charge is 0.494 e. The fraction of sp³-hybridized carbons (Fsp3) is 0.125. The van der Waals surface area contributed by atoms with Gasteiger partial charge in [-0.05, 0) is 18.2 Å². The molecule has 2 aromatic carbocycles. The van der Waals surface area contributed by atoms with Gasteiger partial charge in [-0.15, -0.1) is 0 Å². The van der Waals surface area contributed by atoms with Crippen molar-refractivity contribution in [3.05, 3.63) is 60.0 Å². The summed E-state index contributed by atoms with van der Waals surface area (Å²) in [5, 5.41) is 1.05. The number of hydrogen-bond acceptors (Lipinski definition) is 2. The number of anilines is 1. The number of rotatable bonds is 3. The molecule has 0 aliphatic rings. The summed E-state index contributed by atoms with van der Waals surface area (Å²) in [5.41, 5.74) is 8.20. The van der Waals surface area contributed by atoms with Crippen LogP contribution in [0.3, 0.4) is 0 Å². The number of nitrogens with two attached hydrogens (primary N) is 1. The molecule has 0 aliphatic heterocycles. The Hall–Kier alpha value is -2.49. The van der Waals surface area contributed by atoms with Crippen LogP contribution >= 0.6 is 0 Å². The van der Waals surface area contributed by atoms with Crippen LogP contribution in [-0.4, -0.2) is 11.7 Å². The van der Waals surface area contributed by atoms with Crippen LogP contribution in [0.2, 0.25) is 0 Å². The summed E-state index contributed by atoms with van der Waals surface area (Å²) in [7, 11) is 1.46. The summed E-state index contributed by atoms with van der Waals surface area (Å²) in [6, 6.07) is 12.9. The third-order valence-corrected chi connectivity index (χ3v) is 3.42. The minimum absolute atomic E-state index is 0.256. The van der Waals surface area contributed by atoms with Crippen molar-refractivity contribution in [1.29, 1.82) is 0 Å². The molecule has 1 heterocycles. The molecule has 102 valence electrons. The summed E-state index contributed by atoms with van der Waals surface area (Å²) in [5.74, 6) is -0.0710. The van der Waals surface area contributed by atoms with Crippen LogP contribution in [0.1, 0.15) is 5.56 Å². The Balaban J connectivity index is 2.06. The molecule has 0 saturated carbocycles. The second-order valence-electron chi connectivity index (χ2n) is 4.66. The van der Waals surface area contributed by atoms with Gasteiger partial charge in [-0.25, -0.2) is 4.39 Å². The van der Waals surface area contributed by atoms with Gasteiger partial charge in [0, 0.05) is 17.1 Å². The fourth-order valence-corrected chi connectivity index (χ4v) is 2.44. The molecule has 0 fully saturated rings. The third kappa shape index (κ3) is 1.99. The van der Waals surface area contributed by atoms with Crippen LogP contribution in [0.15, 0.2) is 48.7 Å². The molecule has 3 aromatic rings. The van der Waals surface area contributed by atoms with Gasteiger partial charge in [-0.1, -0.05) is 24.3 Å². The van der Waals surface area contributed by atoms with Crippen LogP contribution in [0.5, 0.6) is 5.75 Å². The van der Waals surface area contributed by atoms with Crippen LogP contribution in [0, 0.1) is 5.82 Å². The van der Waals surface area contributed by atoms with Crippen molar-refractivity contribution in [2.45, 2.75) is 6.54 Å². The van der Waals surface area contributed by atoms with Crippen molar-refractivity contribution in [2.75, 3.05) is 12.8 Å². The summed E-state index contributed by atoms with van der Waals surface area (Å²) >= 11 is 0. The molecule has 3 rings (SSSR count). The lowest BCUT2D eigenvalue weighted by Gasteiger charge is -2.10. The van der Waals surface area contributed by atoms with Crippen LogP contribution in [0.4, 0.5) is 10.1 Å². The van der Waals surface area contributed by atoms with Gasteiger partial charge in [0.25, 0.3) is 0 Å². The van der Waals surface area contributed by atoms with Gasteiger partial charge in [0.1, 0.15) is 0 Å². The van der Waals surface area contributed by atoms with E-state index in [1.54, 1.807) is 18.2 Å². The maximum Gasteiger partial charge on any atom is 0.170 e. The monoisotopic (exact) mass is 270 g/mol. The number of nitrogens with zero attached hydrogens (tertiary/aromatic N) is 1. The van der Waals surface area contributed by atoms with Crippen molar-refractivity contribution in [3.8, 4) is 5.75 Å². The van der Waals surface area contributed by atoms with E-state index in [2.05, 4.69) is 0 Å². The number of benzene rings is 2. The van der Waals surface area contributed by atoms with Crippen molar-refractivity contribution < 1.29 is 9.13 Å². The van der Waals surface area contributed by atoms with Gasteiger partial charge >= 0.3 is 0 Å². The summed E-state index contributed by atoms with van der Waals surface area (Å²) in [6.45, 7) is 0.417. The molecule has 0 radical (unpaired) electrons. The first-order valence-electron chi connectivity index (χ1n) is 6.35. The minimum Gasteiger partial charge on any atom is -0.494 e. The van der Waals surface area contributed by atoms with Gasteiger partial charge in [0.05, 0.1) is 24.9 Å². The average molecular weight is 270 g/mol. The Morgan fingerprint density at radius 1 is 1.15 bits per heavy atom. The molecule has 0 spiro atoms. The topological polar surface area (TPSA) is 40.2 Å². The Labute approximate surface area is 116 Å². The summed E-state index contributed by atoms with van der Waals surface area (Å²) in [4.78, 5) is 0. The molecule has 20 heavy (non-hydrogen) atoms. The molecule has 0 saturated heterocycles. The Morgan fingerprint density at radius 2 is 1.95 bits per heavy atom. The molecule has 0 atom stereocenters. The molecule has 0 aliphatic carbocycles. The number of methoxy groups -OCH3 is 1. The standard InChI is InChI=1S/C16H15FN2O/c1-20-14-7-3-5-12(15(14)17)10-19-9-8-11-4-2-6-13(18)16(11)19/h2-9H,10,18H2,1H3. The van der Waals surface area contributed by atoms with Crippen LogP contribution < -0.4 is 10.5 Å². The van der Waals surface area contributed by atoms with Gasteiger partial charge in [0.15, 0.2) is 11.6 Å². The van der Waals surface area contributed by atoms with Crippen LogP contribution in [0.25, 0.3) is 10.9 Å². The summed E-state index contributed by atoms with van der Waals surface area (Å²) < 4.78 is 21.1. The Kier molecular flexibility index (Phi) is 3.06. The van der Waals surface area contributed by atoms with E-state index in [1.165, 1.54) is 7.11 Å². The molecule has 0 amide bonds. The van der Waals surface area contributed by atoms with Gasteiger partial charge in [0.2, 0.25) is 0 Å². The van der Waals surface area contributed by atoms with E-state index >= 15 is 0 Å². The van der Waals surface area contributed by atoms with E-state index in [1.807, 2.05) is 35.0 Å². The zero-order chi connectivity index (χ0) is 14.1. The SMILES string of the molecule is COc1cccc(Cn2ccc3cccc(N)c32)c1F. The number of fused-ring (bicyclic) bond motifs is 1. The first-order valence-corrected chi connectivity index (χ1v) is 6.35. The number of hydrogen-bond donors (Lipinski definition) is 1. The lowest BCUT2D eigenvalue weighted by molar-refractivity contribution is 0.383. The van der Waals surface area contributed by atoms with Crippen LogP contribution in [-0.2, 0) is 6.54 Å². The average Bonchev–Trinajstić information content (AvgIpc) is 2.86. The van der Waals surface area contributed by atoms with Gasteiger partial charge in [-0.2, -0.15) is 0 Å². The number of nitrogen functional groups attached to an aromatic ring is 1. The lowest BCUT2D eigenvalue weighted by Crippen LogP contribution is -2.03. The molecule has 4 heteroatoms. The highest BCUT2D eigenvalue weighted by Gasteiger charge is 2.11. The predicted molar refractivity (Wildman–Crippen MR) is 78.4 cm³/mol. The van der Waals surface area contributed by atoms with Gasteiger partial charge in [-0.3, -0.25) is 0 Å². The zero-order valence-electron chi connectivity index (χ0n) is 11.1. The number of ether oxygens (including phenoxy) is 1. The highest BCUT2D eigenvalue weighted by atomic mass is 19.1. The van der Waals surface area contributed by atoms with E-state index < -0.39 is 0 Å². The fourth-order valence-electron chi connectivity index (χ4n) is 2.44. The highest BCUT2D eigenvalue weighted by Crippen LogP contribution is 2.25. The molecular weight excluding hydrogens is 255 g/mol. The maximum absolute atomic E-state index is 14.2. The maximum atomic E-state index is 14.2.